The number of anilines is 1. The van der Waals surface area contributed by atoms with Crippen LogP contribution in [0.25, 0.3) is 0 Å². The average molecular weight is 410 g/mol. The molecule has 0 radical (unpaired) electrons. The maximum Gasteiger partial charge on any atom is 0.417 e. The summed E-state index contributed by atoms with van der Waals surface area (Å²) in [6.07, 6.45) is -2.81. The third-order valence-corrected chi connectivity index (χ3v) is 3.61. The highest BCUT2D eigenvalue weighted by molar-refractivity contribution is 6.31. The minimum Gasteiger partial charge on any atom is -0.456 e. The molecule has 0 atom stereocenters. The van der Waals surface area contributed by atoms with E-state index in [0.717, 1.165) is 6.07 Å². The molecule has 0 bridgehead atoms. The average Bonchev–Trinajstić information content (AvgIpc) is 2.56. The number of benzene rings is 1. The highest BCUT2D eigenvalue weighted by atomic mass is 35.5. The molecule has 0 saturated heterocycles. The van der Waals surface area contributed by atoms with Crippen LogP contribution in [0.5, 0.6) is 0 Å². The SMILES string of the molecule is NC(=O)NCCCCCC(=O)OCC(=O)Nc1ccc(Cl)c(C(F)(F)F)c1. The van der Waals surface area contributed by atoms with Crippen LogP contribution in [-0.2, 0) is 20.5 Å². The van der Waals surface area contributed by atoms with Crippen LogP contribution < -0.4 is 16.4 Å². The number of nitrogens with two attached hydrogens (primary N) is 1. The number of urea groups is 1. The monoisotopic (exact) mass is 409 g/mol. The molecule has 0 aliphatic rings. The van der Waals surface area contributed by atoms with E-state index in [0.29, 0.717) is 31.9 Å². The molecule has 7 nitrogen and oxygen atoms in total. The first-order chi connectivity index (χ1) is 12.6. The number of hydrogen-bond acceptors (Lipinski definition) is 4. The Morgan fingerprint density at radius 3 is 2.48 bits per heavy atom. The van der Waals surface area contributed by atoms with E-state index < -0.39 is 41.3 Å². The Morgan fingerprint density at radius 1 is 1.15 bits per heavy atom. The van der Waals surface area contributed by atoms with E-state index in [4.69, 9.17) is 22.1 Å². The van der Waals surface area contributed by atoms with Crippen LogP contribution in [0.4, 0.5) is 23.7 Å². The van der Waals surface area contributed by atoms with Gasteiger partial charge in [-0.15, -0.1) is 0 Å². The van der Waals surface area contributed by atoms with Crippen LogP contribution in [0, 0.1) is 0 Å². The number of carbonyl (C=O) groups is 3. The van der Waals surface area contributed by atoms with Crippen LogP contribution >= 0.6 is 11.6 Å². The van der Waals surface area contributed by atoms with Crippen molar-refractivity contribution in [2.75, 3.05) is 18.5 Å². The fourth-order valence-corrected chi connectivity index (χ4v) is 2.24. The predicted molar refractivity (Wildman–Crippen MR) is 92.1 cm³/mol. The van der Waals surface area contributed by atoms with Crippen LogP contribution in [0.1, 0.15) is 31.2 Å². The summed E-state index contributed by atoms with van der Waals surface area (Å²) in [5.41, 5.74) is 3.70. The fraction of sp³-hybridized carbons (Fsp3) is 0.438. The lowest BCUT2D eigenvalue weighted by molar-refractivity contribution is -0.147. The van der Waals surface area contributed by atoms with Gasteiger partial charge in [0.05, 0.1) is 10.6 Å². The molecule has 0 saturated carbocycles. The molecular weight excluding hydrogens is 391 g/mol. The lowest BCUT2D eigenvalue weighted by atomic mass is 10.2. The Balaban J connectivity index is 2.33. The van der Waals surface area contributed by atoms with Crippen molar-refractivity contribution in [2.24, 2.45) is 5.73 Å². The Kier molecular flexibility index (Phi) is 8.86. The van der Waals surface area contributed by atoms with E-state index in [2.05, 4.69) is 10.6 Å². The summed E-state index contributed by atoms with van der Waals surface area (Å²) >= 11 is 5.49. The number of halogens is 4. The van der Waals surface area contributed by atoms with E-state index >= 15 is 0 Å². The predicted octanol–water partition coefficient (Wildman–Crippen LogP) is 3.07. The Hall–Kier alpha value is -2.49. The molecule has 11 heteroatoms. The quantitative estimate of drug-likeness (QED) is 0.430. The third kappa shape index (κ3) is 9.13. The van der Waals surface area contributed by atoms with Crippen LogP contribution in [0.2, 0.25) is 5.02 Å². The summed E-state index contributed by atoms with van der Waals surface area (Å²) in [7, 11) is 0. The molecule has 1 aromatic rings. The number of alkyl halides is 3. The van der Waals surface area contributed by atoms with Crippen molar-refractivity contribution in [1.82, 2.24) is 5.32 Å². The van der Waals surface area contributed by atoms with E-state index in [-0.39, 0.29) is 12.1 Å². The summed E-state index contributed by atoms with van der Waals surface area (Å²) in [4.78, 5) is 33.6. The number of hydrogen-bond donors (Lipinski definition) is 3. The second-order valence-corrected chi connectivity index (χ2v) is 5.91. The number of rotatable bonds is 9. The first kappa shape index (κ1) is 22.6. The minimum atomic E-state index is -4.66. The smallest absolute Gasteiger partial charge is 0.417 e. The molecule has 0 aromatic heterocycles. The summed E-state index contributed by atoms with van der Waals surface area (Å²) in [6, 6.07) is 2.29. The zero-order chi connectivity index (χ0) is 20.4. The van der Waals surface area contributed by atoms with Crippen molar-refractivity contribution in [2.45, 2.75) is 31.9 Å². The van der Waals surface area contributed by atoms with E-state index in [1.54, 1.807) is 0 Å². The lowest BCUT2D eigenvalue weighted by Crippen LogP contribution is -2.29. The molecule has 0 aliphatic heterocycles. The van der Waals surface area contributed by atoms with Crippen molar-refractivity contribution in [3.05, 3.63) is 28.8 Å². The zero-order valence-corrected chi connectivity index (χ0v) is 15.0. The zero-order valence-electron chi connectivity index (χ0n) is 14.2. The highest BCUT2D eigenvalue weighted by Crippen LogP contribution is 2.36. The van der Waals surface area contributed by atoms with Gasteiger partial charge in [-0.3, -0.25) is 9.59 Å². The van der Waals surface area contributed by atoms with Crippen molar-refractivity contribution >= 4 is 35.2 Å². The molecule has 0 aliphatic carbocycles. The van der Waals surface area contributed by atoms with Crippen molar-refractivity contribution in [3.63, 3.8) is 0 Å². The van der Waals surface area contributed by atoms with Crippen LogP contribution in [0.15, 0.2) is 18.2 Å². The molecule has 150 valence electrons. The Labute approximate surface area is 158 Å². The Morgan fingerprint density at radius 2 is 1.85 bits per heavy atom. The third-order valence-electron chi connectivity index (χ3n) is 3.28. The van der Waals surface area contributed by atoms with Gasteiger partial charge in [-0.25, -0.2) is 4.79 Å². The van der Waals surface area contributed by atoms with Gasteiger partial charge in [0.25, 0.3) is 5.91 Å². The second kappa shape index (κ2) is 10.6. The molecule has 0 fully saturated rings. The van der Waals surface area contributed by atoms with Gasteiger partial charge in [-0.2, -0.15) is 13.2 Å². The summed E-state index contributed by atoms with van der Waals surface area (Å²) in [5.74, 6) is -1.38. The maximum absolute atomic E-state index is 12.8. The number of unbranched alkanes of at least 4 members (excludes halogenated alkanes) is 2. The summed E-state index contributed by atoms with van der Waals surface area (Å²) in [5, 5.41) is 4.12. The van der Waals surface area contributed by atoms with Gasteiger partial charge in [-0.1, -0.05) is 18.0 Å². The van der Waals surface area contributed by atoms with Crippen molar-refractivity contribution in [1.29, 1.82) is 0 Å². The minimum absolute atomic E-state index is 0.0724. The molecule has 27 heavy (non-hydrogen) atoms. The van der Waals surface area contributed by atoms with Gasteiger partial charge in [0.1, 0.15) is 0 Å². The first-order valence-corrected chi connectivity index (χ1v) is 8.33. The fourth-order valence-electron chi connectivity index (χ4n) is 2.02. The number of primary amides is 1. The van der Waals surface area contributed by atoms with Gasteiger partial charge in [0, 0.05) is 18.7 Å². The van der Waals surface area contributed by atoms with E-state index in [9.17, 15) is 27.6 Å². The summed E-state index contributed by atoms with van der Waals surface area (Å²) in [6.45, 7) is -0.222. The normalized spacial score (nSPS) is 11.0. The number of esters is 1. The topological polar surface area (TPSA) is 111 Å². The van der Waals surface area contributed by atoms with Crippen LogP contribution in [0.3, 0.4) is 0 Å². The molecule has 0 heterocycles. The van der Waals surface area contributed by atoms with Gasteiger partial charge < -0.3 is 21.1 Å². The number of carbonyl (C=O) groups excluding carboxylic acids is 3. The maximum atomic E-state index is 12.8. The molecule has 3 amide bonds. The molecule has 1 rings (SSSR count). The van der Waals surface area contributed by atoms with Crippen LogP contribution in [-0.4, -0.2) is 31.1 Å². The largest absolute Gasteiger partial charge is 0.456 e. The van der Waals surface area contributed by atoms with Crippen molar-refractivity contribution < 1.29 is 32.3 Å². The Bertz CT molecular complexity index is 683. The van der Waals surface area contributed by atoms with Gasteiger partial charge in [-0.05, 0) is 31.0 Å². The van der Waals surface area contributed by atoms with E-state index in [1.165, 1.54) is 6.07 Å². The standard InChI is InChI=1S/C16H19ClF3N3O4/c17-12-6-5-10(8-11(12)16(18,19)20)23-13(24)9-27-14(25)4-2-1-3-7-22-15(21)26/h5-6,8H,1-4,7,9H2,(H,23,24)(H3,21,22,26). The molecule has 0 spiro atoms. The van der Waals surface area contributed by atoms with E-state index in [1.807, 2.05) is 0 Å². The van der Waals surface area contributed by atoms with Gasteiger partial charge >= 0.3 is 18.2 Å². The molecular formula is C16H19ClF3N3O4. The molecule has 1 aromatic carbocycles. The van der Waals surface area contributed by atoms with Gasteiger partial charge in [0.2, 0.25) is 0 Å². The lowest BCUT2D eigenvalue weighted by Gasteiger charge is -2.12. The molecule has 0 unspecified atom stereocenters. The number of amides is 3. The summed E-state index contributed by atoms with van der Waals surface area (Å²) < 4.78 is 43.0. The number of nitrogens with one attached hydrogen (secondary N) is 2. The molecule has 4 N–H and O–H groups in total. The second-order valence-electron chi connectivity index (χ2n) is 5.50. The van der Waals surface area contributed by atoms with Crippen molar-refractivity contribution in [3.8, 4) is 0 Å². The number of ether oxygens (including phenoxy) is 1. The first-order valence-electron chi connectivity index (χ1n) is 7.95. The highest BCUT2D eigenvalue weighted by Gasteiger charge is 2.33. The van der Waals surface area contributed by atoms with Gasteiger partial charge in [0.15, 0.2) is 6.61 Å².